The minimum atomic E-state index is 0.0529. The molecular weight excluding hydrogens is 320 g/mol. The number of aromatic nitrogens is 2. The van der Waals surface area contributed by atoms with E-state index in [1.807, 2.05) is 4.68 Å². The quantitative estimate of drug-likeness (QED) is 0.797. The number of Topliss-reactive ketones (excluding diaryl/α,β-unsaturated/α-hetero) is 1. The molecule has 2 atom stereocenters. The predicted octanol–water partition coefficient (Wildman–Crippen LogP) is 3.15. The van der Waals surface area contributed by atoms with Gasteiger partial charge < -0.3 is 4.74 Å². The maximum absolute atomic E-state index is 12.6. The molecule has 1 aliphatic rings. The van der Waals surface area contributed by atoms with Crippen molar-refractivity contribution in [2.24, 2.45) is 5.92 Å². The van der Waals surface area contributed by atoms with Crippen LogP contribution >= 0.6 is 15.9 Å². The number of halogens is 1. The monoisotopic (exact) mass is 342 g/mol. The van der Waals surface area contributed by atoms with E-state index < -0.39 is 0 Å². The van der Waals surface area contributed by atoms with E-state index in [0.29, 0.717) is 13.0 Å². The van der Waals surface area contributed by atoms with Crippen LogP contribution in [0.1, 0.15) is 45.0 Å². The number of rotatable bonds is 6. The number of carbonyl (C=O) groups excluding carboxylic acids is 1. The zero-order chi connectivity index (χ0) is 14.7. The Kier molecular flexibility index (Phi) is 5.38. The second-order valence-electron chi connectivity index (χ2n) is 5.23. The number of hydrogen-bond donors (Lipinski definition) is 0. The summed E-state index contributed by atoms with van der Waals surface area (Å²) in [4.78, 5) is 12.6. The fourth-order valence-corrected chi connectivity index (χ4v) is 3.61. The van der Waals surface area contributed by atoms with Crippen LogP contribution in [0.15, 0.2) is 4.47 Å². The maximum Gasteiger partial charge on any atom is 0.144 e. The van der Waals surface area contributed by atoms with Gasteiger partial charge in [0.25, 0.3) is 0 Å². The van der Waals surface area contributed by atoms with Crippen LogP contribution in [0.25, 0.3) is 0 Å². The summed E-state index contributed by atoms with van der Waals surface area (Å²) in [6.07, 6.45) is 3.19. The Morgan fingerprint density at radius 3 is 2.80 bits per heavy atom. The van der Waals surface area contributed by atoms with Gasteiger partial charge in [-0.15, -0.1) is 0 Å². The largest absolute Gasteiger partial charge is 0.377 e. The Balaban J connectivity index is 2.17. The molecule has 1 saturated heterocycles. The Bertz CT molecular complexity index is 484. The molecule has 2 heterocycles. The molecular formula is C15H23BrN2O2. The lowest BCUT2D eigenvalue weighted by molar-refractivity contribution is -0.124. The molecule has 1 aliphatic heterocycles. The van der Waals surface area contributed by atoms with Crippen LogP contribution in [0.5, 0.6) is 0 Å². The lowest BCUT2D eigenvalue weighted by Gasteiger charge is -2.16. The zero-order valence-electron chi connectivity index (χ0n) is 12.5. The van der Waals surface area contributed by atoms with Crippen LogP contribution in [0.3, 0.4) is 0 Å². The van der Waals surface area contributed by atoms with Crippen molar-refractivity contribution >= 4 is 21.7 Å². The molecule has 0 bridgehead atoms. The van der Waals surface area contributed by atoms with Crippen LogP contribution < -0.4 is 0 Å². The fourth-order valence-electron chi connectivity index (χ4n) is 2.90. The molecule has 0 aromatic carbocycles. The standard InChI is InChI=1S/C15H23BrN2O2/c1-4-11-15(16)12(18(6-3)17-11)9-13(19)10-7-8-20-14(10)5-2/h10,14H,4-9H2,1-3H3. The van der Waals surface area contributed by atoms with Gasteiger partial charge in [-0.05, 0) is 42.1 Å². The van der Waals surface area contributed by atoms with E-state index in [1.165, 1.54) is 0 Å². The van der Waals surface area contributed by atoms with Crippen LogP contribution in [-0.2, 0) is 28.9 Å². The van der Waals surface area contributed by atoms with Gasteiger partial charge in [-0.25, -0.2) is 0 Å². The van der Waals surface area contributed by atoms with Gasteiger partial charge in [0.1, 0.15) is 5.78 Å². The van der Waals surface area contributed by atoms with Crippen molar-refractivity contribution < 1.29 is 9.53 Å². The van der Waals surface area contributed by atoms with Gasteiger partial charge in [0.2, 0.25) is 0 Å². The molecule has 0 aliphatic carbocycles. The van der Waals surface area contributed by atoms with Gasteiger partial charge in [0, 0.05) is 25.5 Å². The van der Waals surface area contributed by atoms with Crippen LogP contribution in [0.2, 0.25) is 0 Å². The Morgan fingerprint density at radius 1 is 1.45 bits per heavy atom. The average Bonchev–Trinajstić information content (AvgIpc) is 3.04. The average molecular weight is 343 g/mol. The summed E-state index contributed by atoms with van der Waals surface area (Å²) in [6, 6.07) is 0. The summed E-state index contributed by atoms with van der Waals surface area (Å²) in [5, 5.41) is 4.55. The van der Waals surface area contributed by atoms with E-state index in [0.717, 1.165) is 41.7 Å². The molecule has 0 N–H and O–H groups in total. The highest BCUT2D eigenvalue weighted by Crippen LogP contribution is 2.28. The molecule has 1 aromatic rings. The summed E-state index contributed by atoms with van der Waals surface area (Å²) in [6.45, 7) is 7.72. The van der Waals surface area contributed by atoms with E-state index in [-0.39, 0.29) is 17.8 Å². The number of carbonyl (C=O) groups is 1. The maximum atomic E-state index is 12.6. The molecule has 1 aromatic heterocycles. The van der Waals surface area contributed by atoms with Crippen molar-refractivity contribution in [1.29, 1.82) is 0 Å². The van der Waals surface area contributed by atoms with E-state index >= 15 is 0 Å². The third-order valence-corrected chi connectivity index (χ3v) is 4.98. The van der Waals surface area contributed by atoms with Gasteiger partial charge in [-0.1, -0.05) is 13.8 Å². The minimum absolute atomic E-state index is 0.0529. The molecule has 0 saturated carbocycles. The summed E-state index contributed by atoms with van der Waals surface area (Å²) >= 11 is 3.61. The number of nitrogens with zero attached hydrogens (tertiary/aromatic N) is 2. The van der Waals surface area contributed by atoms with Crippen molar-refractivity contribution in [3.63, 3.8) is 0 Å². The highest BCUT2D eigenvalue weighted by atomic mass is 79.9. The van der Waals surface area contributed by atoms with Crippen molar-refractivity contribution in [3.05, 3.63) is 15.9 Å². The molecule has 4 nitrogen and oxygen atoms in total. The third kappa shape index (κ3) is 2.98. The van der Waals surface area contributed by atoms with Crippen LogP contribution in [0, 0.1) is 5.92 Å². The highest BCUT2D eigenvalue weighted by Gasteiger charge is 2.33. The first-order valence-electron chi connectivity index (χ1n) is 7.50. The molecule has 0 spiro atoms. The highest BCUT2D eigenvalue weighted by molar-refractivity contribution is 9.10. The Morgan fingerprint density at radius 2 is 2.20 bits per heavy atom. The minimum Gasteiger partial charge on any atom is -0.377 e. The zero-order valence-corrected chi connectivity index (χ0v) is 14.1. The van der Waals surface area contributed by atoms with E-state index in [2.05, 4.69) is 41.8 Å². The van der Waals surface area contributed by atoms with Crippen molar-refractivity contribution in [3.8, 4) is 0 Å². The molecule has 0 amide bonds. The SMILES string of the molecule is CCc1nn(CC)c(CC(=O)C2CCOC2CC)c1Br. The molecule has 0 radical (unpaired) electrons. The third-order valence-electron chi connectivity index (χ3n) is 4.06. The first-order valence-corrected chi connectivity index (χ1v) is 8.29. The summed E-state index contributed by atoms with van der Waals surface area (Å²) in [5.41, 5.74) is 2.04. The second-order valence-corrected chi connectivity index (χ2v) is 6.03. The van der Waals surface area contributed by atoms with Crippen LogP contribution in [0.4, 0.5) is 0 Å². The Labute approximate surface area is 129 Å². The lowest BCUT2D eigenvalue weighted by atomic mass is 9.92. The normalized spacial score (nSPS) is 22.4. The van der Waals surface area contributed by atoms with Gasteiger partial charge in [0.05, 0.1) is 22.0 Å². The second kappa shape index (κ2) is 6.85. The molecule has 2 rings (SSSR count). The summed E-state index contributed by atoms with van der Waals surface area (Å²) < 4.78 is 8.58. The summed E-state index contributed by atoms with van der Waals surface area (Å²) in [5.74, 6) is 0.337. The molecule has 1 fully saturated rings. The lowest BCUT2D eigenvalue weighted by Crippen LogP contribution is -2.26. The number of ether oxygens (including phenoxy) is 1. The van der Waals surface area contributed by atoms with Crippen molar-refractivity contribution in [1.82, 2.24) is 9.78 Å². The van der Waals surface area contributed by atoms with E-state index in [4.69, 9.17) is 4.74 Å². The molecule has 5 heteroatoms. The number of hydrogen-bond acceptors (Lipinski definition) is 3. The van der Waals surface area contributed by atoms with E-state index in [9.17, 15) is 4.79 Å². The fraction of sp³-hybridized carbons (Fsp3) is 0.733. The topological polar surface area (TPSA) is 44.1 Å². The molecule has 2 unspecified atom stereocenters. The molecule has 112 valence electrons. The predicted molar refractivity (Wildman–Crippen MR) is 81.8 cm³/mol. The number of aryl methyl sites for hydroxylation is 2. The van der Waals surface area contributed by atoms with Gasteiger partial charge in [0.15, 0.2) is 0 Å². The first-order chi connectivity index (χ1) is 9.62. The molecule has 20 heavy (non-hydrogen) atoms. The number of ketones is 1. The van der Waals surface area contributed by atoms with Gasteiger partial charge in [-0.2, -0.15) is 5.10 Å². The summed E-state index contributed by atoms with van der Waals surface area (Å²) in [7, 11) is 0. The first kappa shape index (κ1) is 15.7. The Hall–Kier alpha value is -0.680. The van der Waals surface area contributed by atoms with Gasteiger partial charge >= 0.3 is 0 Å². The van der Waals surface area contributed by atoms with E-state index in [1.54, 1.807) is 0 Å². The van der Waals surface area contributed by atoms with Crippen molar-refractivity contribution in [2.45, 2.75) is 59.1 Å². The van der Waals surface area contributed by atoms with Crippen molar-refractivity contribution in [2.75, 3.05) is 6.61 Å². The van der Waals surface area contributed by atoms with Crippen LogP contribution in [-0.4, -0.2) is 28.3 Å². The smallest absolute Gasteiger partial charge is 0.144 e. The van der Waals surface area contributed by atoms with Gasteiger partial charge in [-0.3, -0.25) is 9.48 Å².